The van der Waals surface area contributed by atoms with Crippen LogP contribution in [0.3, 0.4) is 0 Å². The number of hydrogen-bond donors (Lipinski definition) is 0. The number of nitrogens with zero attached hydrogens (tertiary/aromatic N) is 1. The summed E-state index contributed by atoms with van der Waals surface area (Å²) in [6.07, 6.45) is 1.48. The number of hydrogen-bond acceptors (Lipinski definition) is 3. The van der Waals surface area contributed by atoms with Crippen molar-refractivity contribution in [3.05, 3.63) is 11.6 Å². The Morgan fingerprint density at radius 2 is 1.90 bits per heavy atom. The van der Waals surface area contributed by atoms with Gasteiger partial charge in [0.05, 0.1) is 32.5 Å². The first-order chi connectivity index (χ1) is 4.93. The van der Waals surface area contributed by atoms with E-state index in [-0.39, 0.29) is 0 Å². The summed E-state index contributed by atoms with van der Waals surface area (Å²) < 4.78 is 10.2. The van der Waals surface area contributed by atoms with Crippen molar-refractivity contribution in [2.45, 2.75) is 0 Å². The van der Waals surface area contributed by atoms with E-state index in [1.807, 2.05) is 6.07 Å². The Labute approximate surface area is 59.9 Å². The zero-order valence-corrected chi connectivity index (χ0v) is 5.67. The number of allylic oxidation sites excluding steroid dienone is 1. The molecule has 0 aliphatic carbocycles. The van der Waals surface area contributed by atoms with Gasteiger partial charge in [-0.05, 0) is 5.57 Å². The molecule has 3 heteroatoms. The first-order valence-corrected chi connectivity index (χ1v) is 3.16. The van der Waals surface area contributed by atoms with E-state index in [0.29, 0.717) is 26.4 Å². The van der Waals surface area contributed by atoms with Crippen molar-refractivity contribution >= 4 is 0 Å². The van der Waals surface area contributed by atoms with Gasteiger partial charge in [-0.1, -0.05) is 0 Å². The standard InChI is InChI=1S/C7H9NO2/c8-2-1-7-5-9-3-4-10-6-7/h1H,3-6H2. The van der Waals surface area contributed by atoms with Crippen molar-refractivity contribution in [2.75, 3.05) is 26.4 Å². The van der Waals surface area contributed by atoms with Gasteiger partial charge in [0, 0.05) is 6.08 Å². The third-order valence-corrected chi connectivity index (χ3v) is 1.22. The minimum absolute atomic E-state index is 0.535. The largest absolute Gasteiger partial charge is 0.375 e. The lowest BCUT2D eigenvalue weighted by Gasteiger charge is -1.96. The second-order valence-electron chi connectivity index (χ2n) is 2.04. The van der Waals surface area contributed by atoms with Gasteiger partial charge in [-0.2, -0.15) is 5.26 Å². The average Bonchev–Trinajstić information content (AvgIpc) is 2.17. The normalized spacial score (nSPS) is 19.3. The Morgan fingerprint density at radius 1 is 1.30 bits per heavy atom. The maximum atomic E-state index is 8.27. The van der Waals surface area contributed by atoms with Crippen LogP contribution in [0.2, 0.25) is 0 Å². The van der Waals surface area contributed by atoms with E-state index >= 15 is 0 Å². The summed E-state index contributed by atoms with van der Waals surface area (Å²) in [5, 5.41) is 8.27. The highest BCUT2D eigenvalue weighted by Crippen LogP contribution is 2.00. The van der Waals surface area contributed by atoms with Gasteiger partial charge >= 0.3 is 0 Å². The Bertz CT molecular complexity index is 159. The summed E-state index contributed by atoms with van der Waals surface area (Å²) in [6, 6.07) is 1.94. The molecule has 0 spiro atoms. The molecule has 1 heterocycles. The van der Waals surface area contributed by atoms with Crippen molar-refractivity contribution in [1.29, 1.82) is 5.26 Å². The Kier molecular flexibility index (Phi) is 2.94. The van der Waals surface area contributed by atoms with Gasteiger partial charge in [-0.15, -0.1) is 0 Å². The van der Waals surface area contributed by atoms with Crippen molar-refractivity contribution in [3.8, 4) is 6.07 Å². The molecule has 0 N–H and O–H groups in total. The highest BCUT2D eigenvalue weighted by molar-refractivity contribution is 5.14. The van der Waals surface area contributed by atoms with Crippen molar-refractivity contribution < 1.29 is 9.47 Å². The molecule has 1 aliphatic heterocycles. The van der Waals surface area contributed by atoms with E-state index in [9.17, 15) is 0 Å². The summed E-state index contributed by atoms with van der Waals surface area (Å²) in [5.41, 5.74) is 0.917. The summed E-state index contributed by atoms with van der Waals surface area (Å²) in [6.45, 7) is 2.33. The third-order valence-electron chi connectivity index (χ3n) is 1.22. The molecule has 10 heavy (non-hydrogen) atoms. The molecule has 1 aliphatic rings. The molecule has 0 unspecified atom stereocenters. The van der Waals surface area contributed by atoms with E-state index in [0.717, 1.165) is 5.57 Å². The first kappa shape index (κ1) is 7.26. The van der Waals surface area contributed by atoms with E-state index < -0.39 is 0 Å². The number of nitriles is 1. The predicted octanol–water partition coefficient (Wildman–Crippen LogP) is 0.483. The minimum Gasteiger partial charge on any atom is -0.375 e. The molecule has 1 rings (SSSR count). The van der Waals surface area contributed by atoms with Crippen LogP contribution in [0.4, 0.5) is 0 Å². The molecule has 3 nitrogen and oxygen atoms in total. The topological polar surface area (TPSA) is 42.2 Å². The fraction of sp³-hybridized carbons (Fsp3) is 0.571. The van der Waals surface area contributed by atoms with Gasteiger partial charge in [0.2, 0.25) is 0 Å². The quantitative estimate of drug-likeness (QED) is 0.458. The maximum Gasteiger partial charge on any atom is 0.0913 e. The van der Waals surface area contributed by atoms with Gasteiger partial charge in [-0.25, -0.2) is 0 Å². The smallest absolute Gasteiger partial charge is 0.0913 e. The molecule has 1 saturated heterocycles. The fourth-order valence-corrected chi connectivity index (χ4v) is 0.741. The Morgan fingerprint density at radius 3 is 2.40 bits per heavy atom. The van der Waals surface area contributed by atoms with E-state index in [1.54, 1.807) is 0 Å². The van der Waals surface area contributed by atoms with Crippen molar-refractivity contribution in [1.82, 2.24) is 0 Å². The van der Waals surface area contributed by atoms with Crippen LogP contribution in [0.1, 0.15) is 0 Å². The number of rotatable bonds is 0. The van der Waals surface area contributed by atoms with Gasteiger partial charge in [0.15, 0.2) is 0 Å². The predicted molar refractivity (Wildman–Crippen MR) is 35.3 cm³/mol. The molecule has 0 radical (unpaired) electrons. The van der Waals surface area contributed by atoms with Crippen LogP contribution in [0.25, 0.3) is 0 Å². The summed E-state index contributed by atoms with van der Waals surface area (Å²) in [5.74, 6) is 0. The molecular weight excluding hydrogens is 130 g/mol. The SMILES string of the molecule is N#CC=C1COCCOC1. The lowest BCUT2D eigenvalue weighted by Crippen LogP contribution is -1.96. The maximum absolute atomic E-state index is 8.27. The van der Waals surface area contributed by atoms with Gasteiger partial charge in [0.25, 0.3) is 0 Å². The second-order valence-corrected chi connectivity index (χ2v) is 2.04. The molecule has 0 aromatic heterocycles. The molecule has 0 amide bonds. The molecular formula is C7H9NO2. The zero-order chi connectivity index (χ0) is 7.23. The number of ether oxygens (including phenoxy) is 2. The van der Waals surface area contributed by atoms with E-state index in [4.69, 9.17) is 14.7 Å². The molecule has 0 saturated carbocycles. The average molecular weight is 139 g/mol. The first-order valence-electron chi connectivity index (χ1n) is 3.16. The molecule has 54 valence electrons. The summed E-state index contributed by atoms with van der Waals surface area (Å²) in [7, 11) is 0. The molecule has 0 aromatic carbocycles. The summed E-state index contributed by atoms with van der Waals surface area (Å²) >= 11 is 0. The molecule has 0 aromatic rings. The Balaban J connectivity index is 2.44. The van der Waals surface area contributed by atoms with E-state index in [2.05, 4.69) is 0 Å². The van der Waals surface area contributed by atoms with Crippen LogP contribution in [0.15, 0.2) is 11.6 Å². The lowest BCUT2D eigenvalue weighted by atomic mass is 10.3. The third kappa shape index (κ3) is 2.18. The van der Waals surface area contributed by atoms with Gasteiger partial charge < -0.3 is 9.47 Å². The van der Waals surface area contributed by atoms with Crippen molar-refractivity contribution in [3.63, 3.8) is 0 Å². The van der Waals surface area contributed by atoms with Crippen LogP contribution in [0.5, 0.6) is 0 Å². The summed E-state index contributed by atoms with van der Waals surface area (Å²) in [4.78, 5) is 0. The molecule has 0 atom stereocenters. The molecule has 0 bridgehead atoms. The fourth-order valence-electron chi connectivity index (χ4n) is 0.741. The highest BCUT2D eigenvalue weighted by atomic mass is 16.5. The molecule has 1 fully saturated rings. The zero-order valence-electron chi connectivity index (χ0n) is 5.67. The lowest BCUT2D eigenvalue weighted by molar-refractivity contribution is 0.103. The van der Waals surface area contributed by atoms with E-state index in [1.165, 1.54) is 6.08 Å². The second kappa shape index (κ2) is 4.04. The van der Waals surface area contributed by atoms with Crippen LogP contribution in [-0.2, 0) is 9.47 Å². The van der Waals surface area contributed by atoms with Crippen LogP contribution in [-0.4, -0.2) is 26.4 Å². The minimum atomic E-state index is 0.535. The van der Waals surface area contributed by atoms with Crippen LogP contribution >= 0.6 is 0 Å². The monoisotopic (exact) mass is 139 g/mol. The van der Waals surface area contributed by atoms with Crippen molar-refractivity contribution in [2.24, 2.45) is 0 Å². The Hall–Kier alpha value is -0.850. The van der Waals surface area contributed by atoms with Crippen LogP contribution < -0.4 is 0 Å². The van der Waals surface area contributed by atoms with Crippen LogP contribution in [0, 0.1) is 11.3 Å². The van der Waals surface area contributed by atoms with Gasteiger partial charge in [0.1, 0.15) is 0 Å². The van der Waals surface area contributed by atoms with Gasteiger partial charge in [-0.3, -0.25) is 0 Å². The highest BCUT2D eigenvalue weighted by Gasteiger charge is 2.02.